The van der Waals surface area contributed by atoms with Crippen LogP contribution in [0.3, 0.4) is 0 Å². The van der Waals surface area contributed by atoms with E-state index >= 15 is 0 Å². The number of carbonyl (C=O) groups is 1. The maximum Gasteiger partial charge on any atom is 0.234 e. The molecule has 0 aliphatic carbocycles. The van der Waals surface area contributed by atoms with Gasteiger partial charge in [-0.2, -0.15) is 0 Å². The molecule has 0 saturated carbocycles. The molecule has 0 aromatic heterocycles. The number of hydrogen-bond donors (Lipinski definition) is 3. The number of amides is 1. The fourth-order valence-electron chi connectivity index (χ4n) is 4.91. The SMILES string of the molecule is CCc1cccc(CNCC(O)C(Cc2cc(F)cc(F)c2)NC(=O)CN2CCC(CCOC)CC2)c1. The number of nitrogens with one attached hydrogen (secondary N) is 2. The van der Waals surface area contributed by atoms with Crippen molar-refractivity contribution in [3.63, 3.8) is 0 Å². The number of rotatable bonds is 14. The molecule has 6 nitrogen and oxygen atoms in total. The summed E-state index contributed by atoms with van der Waals surface area (Å²) in [4.78, 5) is 15.0. The normalized spacial score (nSPS) is 16.5. The zero-order chi connectivity index (χ0) is 26.6. The van der Waals surface area contributed by atoms with Crippen LogP contribution in [0.2, 0.25) is 0 Å². The highest BCUT2D eigenvalue weighted by molar-refractivity contribution is 5.78. The number of aliphatic hydroxyl groups is 1. The lowest BCUT2D eigenvalue weighted by molar-refractivity contribution is -0.124. The number of halogens is 2. The fourth-order valence-corrected chi connectivity index (χ4v) is 4.91. The molecular weight excluding hydrogens is 476 g/mol. The topological polar surface area (TPSA) is 73.8 Å². The molecule has 2 atom stereocenters. The number of hydrogen-bond acceptors (Lipinski definition) is 5. The summed E-state index contributed by atoms with van der Waals surface area (Å²) in [6.45, 7) is 5.55. The third-order valence-electron chi connectivity index (χ3n) is 7.08. The summed E-state index contributed by atoms with van der Waals surface area (Å²) in [6.07, 6.45) is 3.20. The van der Waals surface area contributed by atoms with Gasteiger partial charge in [-0.05, 0) is 79.9 Å². The number of benzene rings is 2. The Bertz CT molecular complexity index is 962. The first-order valence-electron chi connectivity index (χ1n) is 13.3. The number of carbonyl (C=O) groups excluding carboxylic acids is 1. The molecule has 1 heterocycles. The van der Waals surface area contributed by atoms with E-state index in [9.17, 15) is 18.7 Å². The van der Waals surface area contributed by atoms with Crippen LogP contribution in [0.15, 0.2) is 42.5 Å². The van der Waals surface area contributed by atoms with Crippen LogP contribution in [-0.4, -0.2) is 68.0 Å². The Morgan fingerprint density at radius 1 is 1.11 bits per heavy atom. The van der Waals surface area contributed by atoms with Crippen molar-refractivity contribution >= 4 is 5.91 Å². The lowest BCUT2D eigenvalue weighted by atomic mass is 9.94. The predicted octanol–water partition coefficient (Wildman–Crippen LogP) is 3.45. The zero-order valence-electron chi connectivity index (χ0n) is 22.0. The van der Waals surface area contributed by atoms with Gasteiger partial charge in [-0.15, -0.1) is 0 Å². The van der Waals surface area contributed by atoms with Crippen molar-refractivity contribution in [1.29, 1.82) is 0 Å². The summed E-state index contributed by atoms with van der Waals surface area (Å²) >= 11 is 0. The van der Waals surface area contributed by atoms with Gasteiger partial charge in [0.25, 0.3) is 0 Å². The lowest BCUT2D eigenvalue weighted by Gasteiger charge is -2.32. The number of ether oxygens (including phenoxy) is 1. The Balaban J connectivity index is 1.57. The highest BCUT2D eigenvalue weighted by Crippen LogP contribution is 2.20. The number of aryl methyl sites for hydroxylation is 1. The Hall–Kier alpha value is -2.39. The highest BCUT2D eigenvalue weighted by Gasteiger charge is 2.25. The molecule has 1 aliphatic rings. The van der Waals surface area contributed by atoms with E-state index in [-0.39, 0.29) is 25.4 Å². The van der Waals surface area contributed by atoms with Crippen molar-refractivity contribution in [3.8, 4) is 0 Å². The van der Waals surface area contributed by atoms with Gasteiger partial charge in [0.2, 0.25) is 5.91 Å². The average Bonchev–Trinajstić information content (AvgIpc) is 2.87. The van der Waals surface area contributed by atoms with E-state index in [0.29, 0.717) is 18.0 Å². The van der Waals surface area contributed by atoms with Crippen LogP contribution in [0.4, 0.5) is 8.78 Å². The maximum atomic E-state index is 13.8. The van der Waals surface area contributed by atoms with E-state index in [1.807, 2.05) is 12.1 Å². The molecule has 3 rings (SSSR count). The van der Waals surface area contributed by atoms with Crippen molar-refractivity contribution in [2.24, 2.45) is 5.92 Å². The van der Waals surface area contributed by atoms with Crippen LogP contribution in [0.25, 0.3) is 0 Å². The molecule has 3 N–H and O–H groups in total. The molecular formula is C29H41F2N3O3. The zero-order valence-corrected chi connectivity index (χ0v) is 22.0. The quantitative estimate of drug-likeness (QED) is 0.358. The molecule has 0 radical (unpaired) electrons. The first-order valence-corrected chi connectivity index (χ1v) is 13.3. The van der Waals surface area contributed by atoms with Gasteiger partial charge in [-0.25, -0.2) is 8.78 Å². The summed E-state index contributed by atoms with van der Waals surface area (Å²) in [5.41, 5.74) is 2.73. The van der Waals surface area contributed by atoms with Crippen LogP contribution in [-0.2, 0) is 28.9 Å². The average molecular weight is 518 g/mol. The van der Waals surface area contributed by atoms with Crippen LogP contribution in [0.5, 0.6) is 0 Å². The molecule has 1 amide bonds. The van der Waals surface area contributed by atoms with Gasteiger partial charge in [-0.1, -0.05) is 31.2 Å². The third-order valence-corrected chi connectivity index (χ3v) is 7.08. The fraction of sp³-hybridized carbons (Fsp3) is 0.552. The first kappa shape index (κ1) is 29.2. The molecule has 0 spiro atoms. The molecule has 1 saturated heterocycles. The second-order valence-corrected chi connectivity index (χ2v) is 10.0. The summed E-state index contributed by atoms with van der Waals surface area (Å²) in [5.74, 6) is -0.951. The van der Waals surface area contributed by atoms with Gasteiger partial charge in [-0.3, -0.25) is 9.69 Å². The number of likely N-dealkylation sites (tertiary alicyclic amines) is 1. The van der Waals surface area contributed by atoms with Crippen LogP contribution < -0.4 is 10.6 Å². The van der Waals surface area contributed by atoms with Gasteiger partial charge in [0.05, 0.1) is 18.7 Å². The molecule has 0 bridgehead atoms. The van der Waals surface area contributed by atoms with Gasteiger partial charge in [0, 0.05) is 32.9 Å². The molecule has 8 heteroatoms. The lowest BCUT2D eigenvalue weighted by Crippen LogP contribution is -2.51. The first-order chi connectivity index (χ1) is 17.9. The summed E-state index contributed by atoms with van der Waals surface area (Å²) in [7, 11) is 1.71. The number of methoxy groups -OCH3 is 1. The highest BCUT2D eigenvalue weighted by atomic mass is 19.1. The van der Waals surface area contributed by atoms with Gasteiger partial charge >= 0.3 is 0 Å². The van der Waals surface area contributed by atoms with Crippen LogP contribution in [0, 0.1) is 17.6 Å². The maximum absolute atomic E-state index is 13.8. The monoisotopic (exact) mass is 517 g/mol. The summed E-state index contributed by atoms with van der Waals surface area (Å²) in [6, 6.07) is 10.8. The molecule has 1 fully saturated rings. The van der Waals surface area contributed by atoms with Crippen molar-refractivity contribution in [2.45, 2.75) is 57.7 Å². The second kappa shape index (κ2) is 15.1. The standard InChI is InChI=1S/C29H41F2N3O3/c1-3-21-5-4-6-23(13-21)18-32-19-28(35)27(16-24-14-25(30)17-26(31)15-24)33-29(36)20-34-10-7-22(8-11-34)9-12-37-2/h4-6,13-15,17,22,27-28,32,35H,3,7-12,16,18-20H2,1-2H3,(H,33,36). The van der Waals surface area contributed by atoms with Gasteiger partial charge in [0.1, 0.15) is 11.6 Å². The van der Waals surface area contributed by atoms with Gasteiger partial charge in [0.15, 0.2) is 0 Å². The van der Waals surface area contributed by atoms with E-state index in [1.54, 1.807) is 7.11 Å². The summed E-state index contributed by atoms with van der Waals surface area (Å²) in [5, 5.41) is 17.1. The van der Waals surface area contributed by atoms with Crippen molar-refractivity contribution in [2.75, 3.05) is 39.9 Å². The minimum atomic E-state index is -0.940. The minimum Gasteiger partial charge on any atom is -0.390 e. The summed E-state index contributed by atoms with van der Waals surface area (Å²) < 4.78 is 32.8. The molecule has 204 valence electrons. The molecule has 2 aromatic carbocycles. The largest absolute Gasteiger partial charge is 0.390 e. The van der Waals surface area contributed by atoms with Crippen molar-refractivity contribution < 1.29 is 23.4 Å². The third kappa shape index (κ3) is 10.1. The Morgan fingerprint density at radius 2 is 1.81 bits per heavy atom. The smallest absolute Gasteiger partial charge is 0.234 e. The van der Waals surface area contributed by atoms with E-state index < -0.39 is 23.8 Å². The molecule has 37 heavy (non-hydrogen) atoms. The van der Waals surface area contributed by atoms with E-state index in [4.69, 9.17) is 4.74 Å². The number of piperidine rings is 1. The van der Waals surface area contributed by atoms with Crippen LogP contribution in [0.1, 0.15) is 42.9 Å². The minimum absolute atomic E-state index is 0.119. The van der Waals surface area contributed by atoms with E-state index in [1.165, 1.54) is 17.7 Å². The Kier molecular flexibility index (Phi) is 11.9. The van der Waals surface area contributed by atoms with E-state index in [0.717, 1.165) is 57.0 Å². The van der Waals surface area contributed by atoms with Gasteiger partial charge < -0.3 is 20.5 Å². The Morgan fingerprint density at radius 3 is 2.49 bits per heavy atom. The molecule has 2 aromatic rings. The number of nitrogens with zero attached hydrogens (tertiary/aromatic N) is 1. The molecule has 1 aliphatic heterocycles. The predicted molar refractivity (Wildman–Crippen MR) is 141 cm³/mol. The van der Waals surface area contributed by atoms with E-state index in [2.05, 4.69) is 34.6 Å². The van der Waals surface area contributed by atoms with Crippen LogP contribution >= 0.6 is 0 Å². The van der Waals surface area contributed by atoms with Crippen molar-refractivity contribution in [3.05, 3.63) is 70.8 Å². The Labute approximate surface area is 219 Å². The number of aliphatic hydroxyl groups excluding tert-OH is 1. The van der Waals surface area contributed by atoms with Crippen molar-refractivity contribution in [1.82, 2.24) is 15.5 Å². The second-order valence-electron chi connectivity index (χ2n) is 10.0. The molecule has 2 unspecified atom stereocenters.